The predicted octanol–water partition coefficient (Wildman–Crippen LogP) is 2.95. The summed E-state index contributed by atoms with van der Waals surface area (Å²) in [6.07, 6.45) is 0.218. The third-order valence-corrected chi connectivity index (χ3v) is 5.19. The van der Waals surface area contributed by atoms with Gasteiger partial charge >= 0.3 is 0 Å². The molecule has 7 heteroatoms. The number of carbonyl (C=O) groups excluding carboxylic acids is 1. The molecule has 0 heterocycles. The first kappa shape index (κ1) is 19.9. The zero-order valence-corrected chi connectivity index (χ0v) is 16.2. The molecule has 1 amide bonds. The predicted molar refractivity (Wildman–Crippen MR) is 102 cm³/mol. The second-order valence-corrected chi connectivity index (χ2v) is 8.64. The van der Waals surface area contributed by atoms with Crippen LogP contribution in [0, 0.1) is 0 Å². The van der Waals surface area contributed by atoms with Gasteiger partial charge in [0, 0.05) is 11.2 Å². The van der Waals surface area contributed by atoms with Crippen molar-refractivity contribution in [2.45, 2.75) is 37.6 Å². The third kappa shape index (κ3) is 5.86. The van der Waals surface area contributed by atoms with E-state index in [1.807, 2.05) is 12.1 Å². The molecule has 0 atom stereocenters. The minimum atomic E-state index is -3.59. The normalized spacial score (nSPS) is 11.8. The van der Waals surface area contributed by atoms with E-state index in [0.717, 1.165) is 11.3 Å². The molecule has 0 radical (unpaired) electrons. The molecule has 0 unspecified atom stereocenters. The summed E-state index contributed by atoms with van der Waals surface area (Å²) >= 11 is 0. The summed E-state index contributed by atoms with van der Waals surface area (Å²) < 4.78 is 32.2. The molecular formula is C19H24N2O4S. The summed E-state index contributed by atoms with van der Waals surface area (Å²) in [6, 6.07) is 13.3. The molecule has 0 bridgehead atoms. The molecule has 26 heavy (non-hydrogen) atoms. The number of benzene rings is 2. The quantitative estimate of drug-likeness (QED) is 0.812. The Morgan fingerprint density at radius 3 is 2.08 bits per heavy atom. The van der Waals surface area contributed by atoms with Crippen molar-refractivity contribution in [1.29, 1.82) is 0 Å². The van der Waals surface area contributed by atoms with Gasteiger partial charge in [0.15, 0.2) is 0 Å². The molecule has 2 N–H and O–H groups in total. The van der Waals surface area contributed by atoms with Gasteiger partial charge in [-0.2, -0.15) is 0 Å². The van der Waals surface area contributed by atoms with Crippen molar-refractivity contribution in [1.82, 2.24) is 4.72 Å². The fourth-order valence-electron chi connectivity index (χ4n) is 2.31. The lowest BCUT2D eigenvalue weighted by atomic mass is 10.1. The van der Waals surface area contributed by atoms with Crippen LogP contribution < -0.4 is 14.8 Å². The molecule has 0 spiro atoms. The van der Waals surface area contributed by atoms with Crippen molar-refractivity contribution >= 4 is 21.6 Å². The summed E-state index contributed by atoms with van der Waals surface area (Å²) in [4.78, 5) is 12.3. The number of sulfonamides is 1. The van der Waals surface area contributed by atoms with Gasteiger partial charge in [-0.25, -0.2) is 13.1 Å². The molecule has 2 rings (SSSR count). The van der Waals surface area contributed by atoms with Gasteiger partial charge in [0.1, 0.15) is 5.75 Å². The Bertz CT molecular complexity index is 852. The van der Waals surface area contributed by atoms with E-state index in [-0.39, 0.29) is 17.2 Å². The van der Waals surface area contributed by atoms with Crippen LogP contribution in [-0.4, -0.2) is 27.0 Å². The molecule has 0 saturated carbocycles. The van der Waals surface area contributed by atoms with Crippen LogP contribution in [-0.2, 0) is 21.2 Å². The highest BCUT2D eigenvalue weighted by Gasteiger charge is 2.21. The van der Waals surface area contributed by atoms with Crippen LogP contribution in [0.2, 0.25) is 0 Å². The lowest BCUT2D eigenvalue weighted by Crippen LogP contribution is -2.40. The molecule has 2 aromatic carbocycles. The number of hydrogen-bond acceptors (Lipinski definition) is 4. The van der Waals surface area contributed by atoms with Gasteiger partial charge in [0.05, 0.1) is 18.4 Å². The van der Waals surface area contributed by atoms with E-state index in [4.69, 9.17) is 4.74 Å². The molecule has 0 fully saturated rings. The highest BCUT2D eigenvalue weighted by molar-refractivity contribution is 7.89. The van der Waals surface area contributed by atoms with E-state index in [2.05, 4.69) is 10.0 Å². The van der Waals surface area contributed by atoms with Crippen molar-refractivity contribution in [3.8, 4) is 5.75 Å². The van der Waals surface area contributed by atoms with Crippen LogP contribution in [0.5, 0.6) is 5.75 Å². The Hall–Kier alpha value is -2.38. The van der Waals surface area contributed by atoms with Crippen molar-refractivity contribution in [3.63, 3.8) is 0 Å². The van der Waals surface area contributed by atoms with Crippen molar-refractivity contribution in [3.05, 3.63) is 54.1 Å². The Kier molecular flexibility index (Phi) is 6.05. The smallest absolute Gasteiger partial charge is 0.241 e. The molecular weight excluding hydrogens is 352 g/mol. The molecule has 0 aliphatic rings. The Morgan fingerprint density at radius 2 is 1.58 bits per heavy atom. The third-order valence-electron chi connectivity index (χ3n) is 3.41. The fraction of sp³-hybridized carbons (Fsp3) is 0.316. The monoisotopic (exact) mass is 376 g/mol. The molecule has 0 aliphatic heterocycles. The number of anilines is 1. The second kappa shape index (κ2) is 7.88. The summed E-state index contributed by atoms with van der Waals surface area (Å²) in [7, 11) is -2.01. The number of amides is 1. The number of nitrogens with one attached hydrogen (secondary N) is 2. The Balaban J connectivity index is 2.01. The lowest BCUT2D eigenvalue weighted by molar-refractivity contribution is -0.115. The van der Waals surface area contributed by atoms with Crippen LogP contribution in [0.1, 0.15) is 26.3 Å². The van der Waals surface area contributed by atoms with Gasteiger partial charge in [0.2, 0.25) is 15.9 Å². The first-order chi connectivity index (χ1) is 12.1. The van der Waals surface area contributed by atoms with Crippen molar-refractivity contribution in [2.24, 2.45) is 0 Å². The molecule has 0 saturated heterocycles. The van der Waals surface area contributed by atoms with Crippen LogP contribution in [0.3, 0.4) is 0 Å². The SMILES string of the molecule is COc1ccc(CC(=O)Nc2ccc(S(=O)(=O)NC(C)(C)C)cc2)cc1. The number of ether oxygens (including phenoxy) is 1. The van der Waals surface area contributed by atoms with Gasteiger partial charge in [-0.15, -0.1) is 0 Å². The summed E-state index contributed by atoms with van der Waals surface area (Å²) in [5.41, 5.74) is 0.833. The van der Waals surface area contributed by atoms with Crippen molar-refractivity contribution < 1.29 is 17.9 Å². The zero-order chi connectivity index (χ0) is 19.4. The van der Waals surface area contributed by atoms with E-state index < -0.39 is 15.6 Å². The zero-order valence-electron chi connectivity index (χ0n) is 15.4. The number of rotatable bonds is 6. The van der Waals surface area contributed by atoms with Gasteiger partial charge < -0.3 is 10.1 Å². The summed E-state index contributed by atoms with van der Waals surface area (Å²) in [6.45, 7) is 5.33. The highest BCUT2D eigenvalue weighted by atomic mass is 32.2. The van der Waals surface area contributed by atoms with Crippen LogP contribution in [0.15, 0.2) is 53.4 Å². The summed E-state index contributed by atoms with van der Waals surface area (Å²) in [5.74, 6) is 0.549. The molecule has 0 aromatic heterocycles. The standard InChI is InChI=1S/C19H24N2O4S/c1-19(2,3)21-26(23,24)17-11-7-15(8-12-17)20-18(22)13-14-5-9-16(25-4)10-6-14/h5-12,21H,13H2,1-4H3,(H,20,22). The number of hydrogen-bond donors (Lipinski definition) is 2. The van der Waals surface area contributed by atoms with Gasteiger partial charge in [-0.1, -0.05) is 12.1 Å². The lowest BCUT2D eigenvalue weighted by Gasteiger charge is -2.20. The van der Waals surface area contributed by atoms with E-state index in [9.17, 15) is 13.2 Å². The minimum Gasteiger partial charge on any atom is -0.497 e. The minimum absolute atomic E-state index is 0.153. The van der Waals surface area contributed by atoms with Crippen molar-refractivity contribution in [2.75, 3.05) is 12.4 Å². The van der Waals surface area contributed by atoms with E-state index >= 15 is 0 Å². The average molecular weight is 376 g/mol. The maximum atomic E-state index is 12.3. The fourth-order valence-corrected chi connectivity index (χ4v) is 3.73. The number of carbonyl (C=O) groups is 1. The molecule has 0 aliphatic carbocycles. The first-order valence-corrected chi connectivity index (χ1v) is 9.64. The Labute approximate surface area is 154 Å². The largest absolute Gasteiger partial charge is 0.497 e. The second-order valence-electron chi connectivity index (χ2n) is 6.95. The van der Waals surface area contributed by atoms with Gasteiger partial charge in [-0.05, 0) is 62.7 Å². The van der Waals surface area contributed by atoms with E-state index in [0.29, 0.717) is 5.69 Å². The maximum Gasteiger partial charge on any atom is 0.241 e. The number of methoxy groups -OCH3 is 1. The van der Waals surface area contributed by atoms with Gasteiger partial charge in [0.25, 0.3) is 0 Å². The first-order valence-electron chi connectivity index (χ1n) is 8.16. The van der Waals surface area contributed by atoms with E-state index in [1.54, 1.807) is 52.1 Å². The average Bonchev–Trinajstić information content (AvgIpc) is 2.54. The van der Waals surface area contributed by atoms with E-state index in [1.165, 1.54) is 12.1 Å². The van der Waals surface area contributed by atoms with Crippen LogP contribution in [0.25, 0.3) is 0 Å². The highest BCUT2D eigenvalue weighted by Crippen LogP contribution is 2.17. The van der Waals surface area contributed by atoms with Gasteiger partial charge in [-0.3, -0.25) is 4.79 Å². The molecule has 2 aromatic rings. The summed E-state index contributed by atoms with van der Waals surface area (Å²) in [5, 5.41) is 2.76. The topological polar surface area (TPSA) is 84.5 Å². The maximum absolute atomic E-state index is 12.3. The van der Waals surface area contributed by atoms with Crippen LogP contribution in [0.4, 0.5) is 5.69 Å². The molecule has 6 nitrogen and oxygen atoms in total. The molecule has 140 valence electrons. The van der Waals surface area contributed by atoms with Crippen LogP contribution >= 0.6 is 0 Å². The Morgan fingerprint density at radius 1 is 1.00 bits per heavy atom.